The predicted octanol–water partition coefficient (Wildman–Crippen LogP) is 2.60. The molecule has 29 heavy (non-hydrogen) atoms. The van der Waals surface area contributed by atoms with Gasteiger partial charge in [-0.1, -0.05) is 12.1 Å². The summed E-state index contributed by atoms with van der Waals surface area (Å²) in [6.07, 6.45) is 2.25. The number of amides is 2. The Morgan fingerprint density at radius 3 is 2.55 bits per heavy atom. The smallest absolute Gasteiger partial charge is 0.289 e. The molecule has 9 heteroatoms. The Bertz CT molecular complexity index is 989. The SMILES string of the molecule is Cc1c(C(=O)N(C)C)oc2c1/C(=N/NC(=O)Cc1ccc([N+](=O)[O-])cc1)CCC2. The van der Waals surface area contributed by atoms with Crippen LogP contribution in [-0.4, -0.2) is 41.4 Å². The standard InChI is InChI=1S/C20H22N4O5/c1-12-18-15(5-4-6-16(18)29-19(12)20(26)23(2)3)21-22-17(25)11-13-7-9-14(10-8-13)24(27)28/h7-10H,4-6,11H2,1-3H3,(H,22,25)/b21-15+. The fraction of sp³-hybridized carbons (Fsp3) is 0.350. The van der Waals surface area contributed by atoms with Gasteiger partial charge in [-0.15, -0.1) is 0 Å². The van der Waals surface area contributed by atoms with E-state index < -0.39 is 4.92 Å². The number of nitrogens with zero attached hydrogens (tertiary/aromatic N) is 3. The topological polar surface area (TPSA) is 118 Å². The van der Waals surface area contributed by atoms with Crippen LogP contribution >= 0.6 is 0 Å². The van der Waals surface area contributed by atoms with Crippen LogP contribution in [0.15, 0.2) is 33.8 Å². The lowest BCUT2D eigenvalue weighted by molar-refractivity contribution is -0.384. The summed E-state index contributed by atoms with van der Waals surface area (Å²) in [4.78, 5) is 36.2. The van der Waals surface area contributed by atoms with Crippen LogP contribution in [0.3, 0.4) is 0 Å². The minimum absolute atomic E-state index is 0.0253. The van der Waals surface area contributed by atoms with Crippen molar-refractivity contribution >= 4 is 23.2 Å². The number of nitrogens with one attached hydrogen (secondary N) is 1. The lowest BCUT2D eigenvalue weighted by Crippen LogP contribution is -2.24. The van der Waals surface area contributed by atoms with Crippen molar-refractivity contribution in [2.24, 2.45) is 5.10 Å². The number of nitro benzene ring substituents is 1. The highest BCUT2D eigenvalue weighted by molar-refractivity contribution is 6.06. The van der Waals surface area contributed by atoms with Gasteiger partial charge in [0.25, 0.3) is 11.6 Å². The maximum atomic E-state index is 12.3. The number of benzene rings is 1. The number of hydrogen-bond donors (Lipinski definition) is 1. The van der Waals surface area contributed by atoms with Crippen molar-refractivity contribution in [3.05, 3.63) is 62.6 Å². The second-order valence-electron chi connectivity index (χ2n) is 7.10. The Kier molecular flexibility index (Phi) is 5.76. The second-order valence-corrected chi connectivity index (χ2v) is 7.10. The van der Waals surface area contributed by atoms with Crippen LogP contribution in [0.1, 0.15) is 45.8 Å². The van der Waals surface area contributed by atoms with E-state index in [-0.39, 0.29) is 23.9 Å². The number of nitro groups is 1. The molecule has 1 aromatic heterocycles. The fourth-order valence-corrected chi connectivity index (χ4v) is 3.28. The van der Waals surface area contributed by atoms with Crippen molar-refractivity contribution < 1.29 is 18.9 Å². The van der Waals surface area contributed by atoms with E-state index in [2.05, 4.69) is 10.5 Å². The third kappa shape index (κ3) is 4.34. The summed E-state index contributed by atoms with van der Waals surface area (Å²) in [6.45, 7) is 1.82. The molecule has 2 amide bonds. The Morgan fingerprint density at radius 2 is 1.93 bits per heavy atom. The number of non-ortho nitro benzene ring substituents is 1. The molecule has 0 saturated heterocycles. The highest BCUT2D eigenvalue weighted by Gasteiger charge is 2.28. The van der Waals surface area contributed by atoms with Crippen molar-refractivity contribution in [1.29, 1.82) is 0 Å². The molecule has 0 saturated carbocycles. The first-order valence-corrected chi connectivity index (χ1v) is 9.21. The number of hydrazone groups is 1. The average molecular weight is 398 g/mol. The monoisotopic (exact) mass is 398 g/mol. The maximum absolute atomic E-state index is 12.3. The summed E-state index contributed by atoms with van der Waals surface area (Å²) in [7, 11) is 3.33. The van der Waals surface area contributed by atoms with E-state index in [1.807, 2.05) is 6.92 Å². The number of carbonyl (C=O) groups excluding carboxylic acids is 2. The van der Waals surface area contributed by atoms with E-state index in [9.17, 15) is 19.7 Å². The molecule has 2 aromatic rings. The largest absolute Gasteiger partial charge is 0.455 e. The van der Waals surface area contributed by atoms with Gasteiger partial charge < -0.3 is 9.32 Å². The minimum atomic E-state index is -0.487. The third-order valence-electron chi connectivity index (χ3n) is 4.75. The summed E-state index contributed by atoms with van der Waals surface area (Å²) in [6, 6.07) is 5.81. The van der Waals surface area contributed by atoms with Gasteiger partial charge in [-0.2, -0.15) is 5.10 Å². The third-order valence-corrected chi connectivity index (χ3v) is 4.75. The Balaban J connectivity index is 1.74. The van der Waals surface area contributed by atoms with Crippen molar-refractivity contribution in [2.45, 2.75) is 32.6 Å². The van der Waals surface area contributed by atoms with Crippen LogP contribution in [0.2, 0.25) is 0 Å². The van der Waals surface area contributed by atoms with Gasteiger partial charge in [0, 0.05) is 43.8 Å². The molecule has 1 aromatic carbocycles. The molecule has 1 N–H and O–H groups in total. The summed E-state index contributed by atoms with van der Waals surface area (Å²) >= 11 is 0. The highest BCUT2D eigenvalue weighted by atomic mass is 16.6. The molecule has 0 atom stereocenters. The Morgan fingerprint density at radius 1 is 1.24 bits per heavy atom. The van der Waals surface area contributed by atoms with E-state index in [1.165, 1.54) is 17.0 Å². The van der Waals surface area contributed by atoms with Crippen LogP contribution in [0.25, 0.3) is 0 Å². The highest BCUT2D eigenvalue weighted by Crippen LogP contribution is 2.30. The molecule has 0 fully saturated rings. The predicted molar refractivity (Wildman–Crippen MR) is 106 cm³/mol. The van der Waals surface area contributed by atoms with Crippen LogP contribution in [0.5, 0.6) is 0 Å². The zero-order chi connectivity index (χ0) is 21.1. The zero-order valence-electron chi connectivity index (χ0n) is 16.5. The zero-order valence-corrected chi connectivity index (χ0v) is 16.5. The molecule has 9 nitrogen and oxygen atoms in total. The number of aryl methyl sites for hydroxylation is 1. The summed E-state index contributed by atoms with van der Waals surface area (Å²) in [5.41, 5.74) is 5.37. The summed E-state index contributed by atoms with van der Waals surface area (Å²) in [5.74, 6) is 0.469. The van der Waals surface area contributed by atoms with Gasteiger partial charge in [0.2, 0.25) is 5.91 Å². The molecule has 152 valence electrons. The van der Waals surface area contributed by atoms with Crippen molar-refractivity contribution in [1.82, 2.24) is 10.3 Å². The summed E-state index contributed by atoms with van der Waals surface area (Å²) < 4.78 is 5.78. The van der Waals surface area contributed by atoms with Gasteiger partial charge in [-0.25, -0.2) is 5.43 Å². The molecular weight excluding hydrogens is 376 g/mol. The lowest BCUT2D eigenvalue weighted by atomic mass is 9.93. The number of hydrogen-bond acceptors (Lipinski definition) is 6. The van der Waals surface area contributed by atoms with Crippen molar-refractivity contribution in [3.63, 3.8) is 0 Å². The first kappa shape index (κ1) is 20.2. The Hall–Kier alpha value is -3.49. The molecular formula is C20H22N4O5. The quantitative estimate of drug-likeness (QED) is 0.613. The van der Waals surface area contributed by atoms with Gasteiger partial charge in [0.1, 0.15) is 5.76 Å². The number of rotatable bonds is 5. The van der Waals surface area contributed by atoms with E-state index in [4.69, 9.17) is 4.42 Å². The van der Waals surface area contributed by atoms with E-state index >= 15 is 0 Å². The van der Waals surface area contributed by atoms with Gasteiger partial charge in [0.05, 0.1) is 17.1 Å². The minimum Gasteiger partial charge on any atom is -0.455 e. The molecule has 0 radical (unpaired) electrons. The van der Waals surface area contributed by atoms with E-state index in [1.54, 1.807) is 26.2 Å². The molecule has 0 spiro atoms. The first-order valence-electron chi connectivity index (χ1n) is 9.21. The normalized spacial score (nSPS) is 14.4. The lowest BCUT2D eigenvalue weighted by Gasteiger charge is -2.13. The average Bonchev–Trinajstić information content (AvgIpc) is 3.03. The number of furan rings is 1. The molecule has 0 aliphatic heterocycles. The summed E-state index contributed by atoms with van der Waals surface area (Å²) in [5, 5.41) is 15.0. The van der Waals surface area contributed by atoms with E-state index in [0.29, 0.717) is 35.6 Å². The second kappa shape index (κ2) is 8.26. The molecule has 0 unspecified atom stereocenters. The molecule has 1 heterocycles. The van der Waals surface area contributed by atoms with Gasteiger partial charge in [0.15, 0.2) is 5.76 Å². The molecule has 1 aliphatic rings. The Labute approximate surface area is 167 Å². The van der Waals surface area contributed by atoms with Crippen LogP contribution < -0.4 is 5.43 Å². The van der Waals surface area contributed by atoms with Gasteiger partial charge in [-0.3, -0.25) is 19.7 Å². The van der Waals surface area contributed by atoms with Crippen LogP contribution in [0.4, 0.5) is 5.69 Å². The van der Waals surface area contributed by atoms with Crippen molar-refractivity contribution in [2.75, 3.05) is 14.1 Å². The van der Waals surface area contributed by atoms with Crippen molar-refractivity contribution in [3.8, 4) is 0 Å². The molecule has 3 rings (SSSR count). The fourth-order valence-electron chi connectivity index (χ4n) is 3.28. The van der Waals surface area contributed by atoms with Gasteiger partial charge >= 0.3 is 0 Å². The first-order chi connectivity index (χ1) is 13.8. The van der Waals surface area contributed by atoms with E-state index in [0.717, 1.165) is 17.5 Å². The number of fused-ring (bicyclic) bond motifs is 1. The van der Waals surface area contributed by atoms with Gasteiger partial charge in [-0.05, 0) is 25.3 Å². The molecule has 0 bridgehead atoms. The van der Waals surface area contributed by atoms with Crippen LogP contribution in [0, 0.1) is 17.0 Å². The number of carbonyl (C=O) groups is 2. The maximum Gasteiger partial charge on any atom is 0.289 e. The molecule has 1 aliphatic carbocycles. The van der Waals surface area contributed by atoms with Crippen LogP contribution in [-0.2, 0) is 17.6 Å².